The molecule has 0 unspecified atom stereocenters. The molecule has 1 aliphatic rings. The third-order valence-corrected chi connectivity index (χ3v) is 6.94. The molecular weight excluding hydrogens is 531 g/mol. The average molecular weight is 554 g/mol. The molecule has 3 aromatic carbocycles. The number of hydrogen-bond donors (Lipinski definition) is 1. The lowest BCUT2D eigenvalue weighted by atomic mass is 10.1. The fraction of sp³-hybridized carbons (Fsp3) is 0.154. The fourth-order valence-corrected chi connectivity index (χ4v) is 4.73. The van der Waals surface area contributed by atoms with Crippen molar-refractivity contribution in [3.05, 3.63) is 98.6 Å². The Kier molecular flexibility index (Phi) is 7.32. The normalized spacial score (nSPS) is 13.8. The van der Waals surface area contributed by atoms with E-state index in [9.17, 15) is 9.59 Å². The second-order valence-electron chi connectivity index (χ2n) is 7.47. The Labute approximate surface area is 206 Å². The standard InChI is InChI=1S/C26H23IN2O2S/c1-2-3-7-18-10-16-21(17-11-18)29-25(30)23(28-20-14-12-19(27)13-15-20)24(26(29)31)32-22-8-5-4-6-9-22/h4-6,8-17,28H,2-3,7H2,1H3. The highest BCUT2D eigenvalue weighted by Crippen LogP contribution is 2.37. The number of nitrogens with zero attached hydrogens (tertiary/aromatic N) is 1. The van der Waals surface area contributed by atoms with E-state index in [0.29, 0.717) is 16.3 Å². The Morgan fingerprint density at radius 2 is 1.56 bits per heavy atom. The lowest BCUT2D eigenvalue weighted by Crippen LogP contribution is -2.32. The van der Waals surface area contributed by atoms with Gasteiger partial charge in [-0.1, -0.05) is 55.4 Å². The van der Waals surface area contributed by atoms with E-state index < -0.39 is 0 Å². The van der Waals surface area contributed by atoms with Crippen molar-refractivity contribution in [1.29, 1.82) is 0 Å². The van der Waals surface area contributed by atoms with Crippen molar-refractivity contribution in [1.82, 2.24) is 0 Å². The molecular formula is C26H23IN2O2S. The number of imide groups is 1. The first-order chi connectivity index (χ1) is 15.6. The Balaban J connectivity index is 1.66. The maximum Gasteiger partial charge on any atom is 0.283 e. The van der Waals surface area contributed by atoms with Gasteiger partial charge in [-0.25, -0.2) is 4.90 Å². The van der Waals surface area contributed by atoms with E-state index in [2.05, 4.69) is 34.8 Å². The minimum Gasteiger partial charge on any atom is -0.350 e. The largest absolute Gasteiger partial charge is 0.350 e. The summed E-state index contributed by atoms with van der Waals surface area (Å²) in [5.41, 5.74) is 2.87. The topological polar surface area (TPSA) is 49.4 Å². The number of nitrogens with one attached hydrogen (secondary N) is 1. The first-order valence-corrected chi connectivity index (χ1v) is 12.4. The average Bonchev–Trinajstić information content (AvgIpc) is 3.04. The van der Waals surface area contributed by atoms with Crippen LogP contribution in [-0.4, -0.2) is 11.8 Å². The lowest BCUT2D eigenvalue weighted by Gasteiger charge is -2.16. The van der Waals surface area contributed by atoms with Crippen LogP contribution < -0.4 is 10.2 Å². The first kappa shape index (κ1) is 22.6. The molecule has 2 amide bonds. The van der Waals surface area contributed by atoms with Gasteiger partial charge < -0.3 is 5.32 Å². The lowest BCUT2D eigenvalue weighted by molar-refractivity contribution is -0.120. The Bertz CT molecular complexity index is 1140. The van der Waals surface area contributed by atoms with Crippen LogP contribution in [0.25, 0.3) is 0 Å². The molecule has 1 aliphatic heterocycles. The fourth-order valence-electron chi connectivity index (χ4n) is 3.43. The van der Waals surface area contributed by atoms with Gasteiger partial charge in [0.25, 0.3) is 11.8 Å². The summed E-state index contributed by atoms with van der Waals surface area (Å²) in [7, 11) is 0. The molecule has 0 radical (unpaired) electrons. The van der Waals surface area contributed by atoms with Gasteiger partial charge in [0.2, 0.25) is 0 Å². The molecule has 3 aromatic rings. The minimum atomic E-state index is -0.340. The summed E-state index contributed by atoms with van der Waals surface area (Å²) < 4.78 is 1.10. The number of carbonyl (C=O) groups is 2. The summed E-state index contributed by atoms with van der Waals surface area (Å²) in [6, 6.07) is 25.1. The summed E-state index contributed by atoms with van der Waals surface area (Å²) >= 11 is 3.55. The van der Waals surface area contributed by atoms with Gasteiger partial charge in [0.15, 0.2) is 0 Å². The van der Waals surface area contributed by atoms with Crippen molar-refractivity contribution in [3.8, 4) is 0 Å². The molecule has 162 valence electrons. The second-order valence-corrected chi connectivity index (χ2v) is 9.80. The van der Waals surface area contributed by atoms with E-state index in [1.165, 1.54) is 22.2 Å². The number of rotatable bonds is 8. The number of carbonyl (C=O) groups excluding carboxylic acids is 2. The zero-order valence-electron chi connectivity index (χ0n) is 17.7. The summed E-state index contributed by atoms with van der Waals surface area (Å²) in [5.74, 6) is -0.647. The van der Waals surface area contributed by atoms with Crippen LogP contribution in [0.5, 0.6) is 0 Å². The predicted molar refractivity (Wildman–Crippen MR) is 140 cm³/mol. The Hall–Kier alpha value is -2.58. The zero-order chi connectivity index (χ0) is 22.5. The minimum absolute atomic E-state index is 0.306. The predicted octanol–water partition coefficient (Wildman–Crippen LogP) is 6.62. The molecule has 0 saturated carbocycles. The maximum absolute atomic E-state index is 13.4. The molecule has 0 atom stereocenters. The van der Waals surface area contributed by atoms with E-state index >= 15 is 0 Å². The molecule has 0 aromatic heterocycles. The van der Waals surface area contributed by atoms with Crippen LogP contribution in [0, 0.1) is 3.57 Å². The molecule has 32 heavy (non-hydrogen) atoms. The molecule has 0 spiro atoms. The van der Waals surface area contributed by atoms with Crippen LogP contribution in [0.4, 0.5) is 11.4 Å². The van der Waals surface area contributed by atoms with Gasteiger partial charge in [0.1, 0.15) is 10.6 Å². The molecule has 0 fully saturated rings. The number of benzene rings is 3. The van der Waals surface area contributed by atoms with E-state index in [0.717, 1.165) is 33.4 Å². The molecule has 6 heteroatoms. The number of amides is 2. The second kappa shape index (κ2) is 10.4. The monoisotopic (exact) mass is 554 g/mol. The van der Waals surface area contributed by atoms with Crippen molar-refractivity contribution in [2.45, 2.75) is 31.1 Å². The van der Waals surface area contributed by atoms with Crippen molar-refractivity contribution >= 4 is 57.5 Å². The maximum atomic E-state index is 13.4. The first-order valence-electron chi connectivity index (χ1n) is 10.5. The molecule has 0 bridgehead atoms. The molecule has 4 rings (SSSR count). The van der Waals surface area contributed by atoms with Gasteiger partial charge in [0, 0.05) is 14.2 Å². The highest BCUT2D eigenvalue weighted by Gasteiger charge is 2.40. The summed E-state index contributed by atoms with van der Waals surface area (Å²) in [4.78, 5) is 29.4. The van der Waals surface area contributed by atoms with Crippen LogP contribution in [-0.2, 0) is 16.0 Å². The van der Waals surface area contributed by atoms with Crippen LogP contribution in [0.3, 0.4) is 0 Å². The molecule has 4 nitrogen and oxygen atoms in total. The van der Waals surface area contributed by atoms with Gasteiger partial charge in [-0.3, -0.25) is 9.59 Å². The van der Waals surface area contributed by atoms with E-state index in [1.54, 1.807) is 0 Å². The number of hydrogen-bond acceptors (Lipinski definition) is 4. The number of aryl methyl sites for hydroxylation is 1. The molecule has 1 N–H and O–H groups in total. The van der Waals surface area contributed by atoms with Crippen LogP contribution in [0.15, 0.2) is 94.4 Å². The third kappa shape index (κ3) is 5.07. The number of unbranched alkanes of at least 4 members (excludes halogenated alkanes) is 1. The van der Waals surface area contributed by atoms with Gasteiger partial charge in [-0.2, -0.15) is 0 Å². The highest BCUT2D eigenvalue weighted by molar-refractivity contribution is 14.1. The Morgan fingerprint density at radius 3 is 2.22 bits per heavy atom. The van der Waals surface area contributed by atoms with Crippen molar-refractivity contribution in [2.75, 3.05) is 10.2 Å². The quantitative estimate of drug-likeness (QED) is 0.251. The Morgan fingerprint density at radius 1 is 0.875 bits per heavy atom. The summed E-state index contributed by atoms with van der Waals surface area (Å²) in [6.45, 7) is 2.16. The van der Waals surface area contributed by atoms with Gasteiger partial charge in [-0.15, -0.1) is 0 Å². The van der Waals surface area contributed by atoms with Crippen LogP contribution in [0.1, 0.15) is 25.3 Å². The number of thioether (sulfide) groups is 1. The van der Waals surface area contributed by atoms with Crippen molar-refractivity contribution in [3.63, 3.8) is 0 Å². The smallest absolute Gasteiger partial charge is 0.283 e. The number of halogens is 1. The molecule has 1 heterocycles. The summed E-state index contributed by atoms with van der Waals surface area (Å²) in [6.07, 6.45) is 3.23. The van der Waals surface area contributed by atoms with Gasteiger partial charge in [0.05, 0.1) is 5.69 Å². The van der Waals surface area contributed by atoms with Crippen LogP contribution >= 0.6 is 34.4 Å². The molecule has 0 aliphatic carbocycles. The SMILES string of the molecule is CCCCc1ccc(N2C(=O)C(Nc3ccc(I)cc3)=C(Sc3ccccc3)C2=O)cc1. The van der Waals surface area contributed by atoms with E-state index in [-0.39, 0.29) is 11.8 Å². The van der Waals surface area contributed by atoms with Gasteiger partial charge >= 0.3 is 0 Å². The zero-order valence-corrected chi connectivity index (χ0v) is 20.7. The van der Waals surface area contributed by atoms with E-state index in [4.69, 9.17) is 0 Å². The number of anilines is 2. The van der Waals surface area contributed by atoms with Gasteiger partial charge in [-0.05, 0) is 89.5 Å². The summed E-state index contributed by atoms with van der Waals surface area (Å²) in [5, 5.41) is 3.20. The van der Waals surface area contributed by atoms with Crippen molar-refractivity contribution < 1.29 is 9.59 Å². The van der Waals surface area contributed by atoms with Crippen molar-refractivity contribution in [2.24, 2.45) is 0 Å². The third-order valence-electron chi connectivity index (χ3n) is 5.13. The van der Waals surface area contributed by atoms with E-state index in [1.807, 2.05) is 78.9 Å². The highest BCUT2D eigenvalue weighted by atomic mass is 127. The van der Waals surface area contributed by atoms with Crippen LogP contribution in [0.2, 0.25) is 0 Å². The molecule has 0 saturated heterocycles.